The average molecular weight is 937 g/mol. The van der Waals surface area contributed by atoms with Gasteiger partial charge in [-0.25, -0.2) is 0 Å². The lowest BCUT2D eigenvalue weighted by molar-refractivity contribution is -0.0702. The highest BCUT2D eigenvalue weighted by Crippen LogP contribution is 2.15. The Morgan fingerprint density at radius 3 is 0.723 bits per heavy atom. The van der Waals surface area contributed by atoms with Gasteiger partial charge in [-0.05, 0) is 12.8 Å². The Morgan fingerprint density at radius 2 is 0.446 bits per heavy atom. The monoisotopic (exact) mass is 937 g/mol. The number of aliphatic hydroxyl groups excluding tert-OH is 1. The normalized spacial score (nSPS) is 12.2. The fourth-order valence-electron chi connectivity index (χ4n) is 7.34. The van der Waals surface area contributed by atoms with Gasteiger partial charge in [-0.2, -0.15) is 0 Å². The second kappa shape index (κ2) is 61.5. The molecule has 0 bridgehead atoms. The van der Waals surface area contributed by atoms with Crippen molar-refractivity contribution in [3.05, 3.63) is 0 Å². The summed E-state index contributed by atoms with van der Waals surface area (Å²) in [5, 5.41) is 8.64. The van der Waals surface area contributed by atoms with E-state index in [1.807, 2.05) is 0 Å². The van der Waals surface area contributed by atoms with Crippen molar-refractivity contribution < 1.29 is 57.2 Å². The van der Waals surface area contributed by atoms with Crippen molar-refractivity contribution in [1.82, 2.24) is 0 Å². The van der Waals surface area contributed by atoms with Crippen LogP contribution in [0.1, 0.15) is 194 Å². The maximum absolute atomic E-state index is 8.64. The fourth-order valence-corrected chi connectivity index (χ4v) is 7.34. The minimum atomic E-state index is -0.0384. The Bertz CT molecular complexity index is 813. The lowest BCUT2D eigenvalue weighted by Gasteiger charge is -2.18. The fraction of sp³-hybridized carbons (Fsp3) is 1.00. The van der Waals surface area contributed by atoms with Gasteiger partial charge in [0.25, 0.3) is 0 Å². The lowest BCUT2D eigenvalue weighted by atomic mass is 10.0. The summed E-state index contributed by atoms with van der Waals surface area (Å²) in [6.45, 7) is 15.8. The zero-order chi connectivity index (χ0) is 46.7. The molecule has 0 saturated heterocycles. The molecular formula is C53H108O12. The Balaban J connectivity index is 3.86. The predicted octanol–water partition coefficient (Wildman–Crippen LogP) is 11.5. The Morgan fingerprint density at radius 1 is 0.231 bits per heavy atom. The molecule has 0 aromatic rings. The quantitative estimate of drug-likeness (QED) is 0.0584. The summed E-state index contributed by atoms with van der Waals surface area (Å²) < 4.78 is 62.3. The van der Waals surface area contributed by atoms with Crippen LogP contribution in [0.2, 0.25) is 0 Å². The minimum Gasteiger partial charge on any atom is -0.394 e. The summed E-state index contributed by atoms with van der Waals surface area (Å²) in [4.78, 5) is 0. The summed E-state index contributed by atoms with van der Waals surface area (Å²) in [6.07, 6.45) is 38.1. The van der Waals surface area contributed by atoms with Crippen molar-refractivity contribution in [3.63, 3.8) is 0 Å². The Hall–Kier alpha value is -0.480. The molecule has 12 nitrogen and oxygen atoms in total. The van der Waals surface area contributed by atoms with E-state index in [2.05, 4.69) is 13.8 Å². The molecule has 1 atom stereocenters. The molecule has 0 saturated carbocycles. The second-order valence-corrected chi connectivity index (χ2v) is 17.5. The third-order valence-corrected chi connectivity index (χ3v) is 11.3. The number of aliphatic hydroxyl groups is 1. The van der Waals surface area contributed by atoms with Crippen LogP contribution in [-0.2, 0) is 52.1 Å². The van der Waals surface area contributed by atoms with Crippen LogP contribution in [0.15, 0.2) is 0 Å². The van der Waals surface area contributed by atoms with Gasteiger partial charge in [0.1, 0.15) is 6.10 Å². The van der Waals surface area contributed by atoms with Gasteiger partial charge >= 0.3 is 0 Å². The molecular weight excluding hydrogens is 829 g/mol. The van der Waals surface area contributed by atoms with Crippen molar-refractivity contribution in [3.8, 4) is 0 Å². The number of rotatable bonds is 61. The Kier molecular flexibility index (Phi) is 61.1. The van der Waals surface area contributed by atoms with Gasteiger partial charge in [-0.1, -0.05) is 181 Å². The largest absolute Gasteiger partial charge is 0.394 e. The van der Waals surface area contributed by atoms with E-state index >= 15 is 0 Å². The number of ether oxygens (including phenoxy) is 11. The molecule has 0 amide bonds. The molecule has 0 heterocycles. The van der Waals surface area contributed by atoms with Gasteiger partial charge in [-0.15, -0.1) is 0 Å². The number of hydrogen-bond donors (Lipinski definition) is 1. The summed E-state index contributed by atoms with van der Waals surface area (Å²) in [5.74, 6) is 0. The molecule has 1 unspecified atom stereocenters. The van der Waals surface area contributed by atoms with Crippen LogP contribution in [0.25, 0.3) is 0 Å². The standard InChI is InChI=1S/C53H108O12/c1-3-5-7-9-11-13-15-17-19-21-23-25-27-29-32-63-51-53(65-33-30-28-26-24-22-20-18-16-14-12-10-8-6-4-2)52-64-50-49-62-48-47-61-46-45-60-44-43-59-42-41-58-40-39-57-38-37-56-36-35-55-34-31-54/h53-54H,3-52H2,1-2H3. The summed E-state index contributed by atoms with van der Waals surface area (Å²) in [6, 6.07) is 0. The second-order valence-electron chi connectivity index (χ2n) is 17.5. The molecule has 0 aromatic carbocycles. The highest BCUT2D eigenvalue weighted by atomic mass is 16.6. The molecule has 392 valence electrons. The van der Waals surface area contributed by atoms with E-state index < -0.39 is 0 Å². The molecule has 0 spiro atoms. The summed E-state index contributed by atoms with van der Waals surface area (Å²) in [7, 11) is 0. The molecule has 0 aliphatic rings. The average Bonchev–Trinajstić information content (AvgIpc) is 3.32. The zero-order valence-electron chi connectivity index (χ0n) is 42.9. The van der Waals surface area contributed by atoms with Gasteiger partial charge in [0.05, 0.1) is 132 Å². The summed E-state index contributed by atoms with van der Waals surface area (Å²) in [5.41, 5.74) is 0. The van der Waals surface area contributed by atoms with Crippen molar-refractivity contribution in [2.45, 2.75) is 200 Å². The zero-order valence-corrected chi connectivity index (χ0v) is 42.9. The first-order valence-electron chi connectivity index (χ1n) is 27.3. The molecule has 0 fully saturated rings. The molecule has 0 rings (SSSR count). The van der Waals surface area contributed by atoms with E-state index in [1.165, 1.54) is 167 Å². The van der Waals surface area contributed by atoms with Crippen LogP contribution < -0.4 is 0 Å². The van der Waals surface area contributed by atoms with Crippen molar-refractivity contribution in [2.75, 3.05) is 145 Å². The Labute approximate surface area is 401 Å². The van der Waals surface area contributed by atoms with Gasteiger partial charge in [0.15, 0.2) is 0 Å². The molecule has 0 aliphatic carbocycles. The first-order chi connectivity index (χ1) is 32.3. The van der Waals surface area contributed by atoms with Crippen molar-refractivity contribution in [2.24, 2.45) is 0 Å². The number of unbranched alkanes of at least 4 members (excludes halogenated alkanes) is 26. The van der Waals surface area contributed by atoms with E-state index in [0.717, 1.165) is 26.1 Å². The van der Waals surface area contributed by atoms with E-state index in [1.54, 1.807) is 0 Å². The van der Waals surface area contributed by atoms with Crippen LogP contribution in [0, 0.1) is 0 Å². The van der Waals surface area contributed by atoms with Gasteiger partial charge in [-0.3, -0.25) is 0 Å². The first-order valence-corrected chi connectivity index (χ1v) is 27.3. The van der Waals surface area contributed by atoms with Crippen LogP contribution >= 0.6 is 0 Å². The molecule has 1 N–H and O–H groups in total. The maximum Gasteiger partial charge on any atom is 0.104 e. The molecule has 0 radical (unpaired) electrons. The van der Waals surface area contributed by atoms with Crippen LogP contribution in [0.3, 0.4) is 0 Å². The third-order valence-electron chi connectivity index (χ3n) is 11.3. The topological polar surface area (TPSA) is 122 Å². The minimum absolute atomic E-state index is 0.0283. The van der Waals surface area contributed by atoms with E-state index in [0.29, 0.717) is 126 Å². The molecule has 12 heteroatoms. The third kappa shape index (κ3) is 59.6. The van der Waals surface area contributed by atoms with Gasteiger partial charge < -0.3 is 57.2 Å². The highest BCUT2D eigenvalue weighted by molar-refractivity contribution is 4.58. The smallest absolute Gasteiger partial charge is 0.104 e. The van der Waals surface area contributed by atoms with Gasteiger partial charge in [0, 0.05) is 13.2 Å². The molecule has 0 aliphatic heterocycles. The maximum atomic E-state index is 8.64. The van der Waals surface area contributed by atoms with E-state index in [-0.39, 0.29) is 12.7 Å². The SMILES string of the molecule is CCCCCCCCCCCCCCCCOCC(COCCOCCOCCOCCOCCOCCOCCOCCOCCO)OCCCCCCCCCCCCCCCC. The predicted molar refractivity (Wildman–Crippen MR) is 266 cm³/mol. The summed E-state index contributed by atoms with van der Waals surface area (Å²) >= 11 is 0. The van der Waals surface area contributed by atoms with E-state index in [9.17, 15) is 0 Å². The van der Waals surface area contributed by atoms with Crippen LogP contribution in [-0.4, -0.2) is 157 Å². The van der Waals surface area contributed by atoms with Crippen LogP contribution in [0.5, 0.6) is 0 Å². The van der Waals surface area contributed by atoms with Crippen molar-refractivity contribution in [1.29, 1.82) is 0 Å². The van der Waals surface area contributed by atoms with Crippen LogP contribution in [0.4, 0.5) is 0 Å². The lowest BCUT2D eigenvalue weighted by Crippen LogP contribution is -2.27. The molecule has 65 heavy (non-hydrogen) atoms. The van der Waals surface area contributed by atoms with Gasteiger partial charge in [0.2, 0.25) is 0 Å². The van der Waals surface area contributed by atoms with E-state index in [4.69, 9.17) is 57.2 Å². The molecule has 0 aromatic heterocycles. The van der Waals surface area contributed by atoms with Crippen molar-refractivity contribution >= 4 is 0 Å². The number of hydrogen-bond acceptors (Lipinski definition) is 12. The first kappa shape index (κ1) is 64.5. The highest BCUT2D eigenvalue weighted by Gasteiger charge is 2.10.